The van der Waals surface area contributed by atoms with Crippen LogP contribution in [0.15, 0.2) is 24.3 Å². The van der Waals surface area contributed by atoms with Gasteiger partial charge in [-0.1, -0.05) is 25.5 Å². The molecule has 22 heavy (non-hydrogen) atoms. The lowest BCUT2D eigenvalue weighted by Crippen LogP contribution is -2.28. The molecule has 0 saturated heterocycles. The van der Waals surface area contributed by atoms with E-state index in [-0.39, 0.29) is 23.6 Å². The number of hydrogen-bond acceptors (Lipinski definition) is 3. The van der Waals surface area contributed by atoms with Crippen molar-refractivity contribution in [2.75, 3.05) is 0 Å². The Morgan fingerprint density at radius 1 is 1.23 bits per heavy atom. The lowest BCUT2D eigenvalue weighted by Gasteiger charge is -2.32. The Morgan fingerprint density at radius 2 is 1.95 bits per heavy atom. The molecule has 1 aliphatic rings. The van der Waals surface area contributed by atoms with Crippen molar-refractivity contribution in [3.63, 3.8) is 0 Å². The molecule has 2 atom stereocenters. The minimum Gasteiger partial charge on any atom is -0.488 e. The summed E-state index contributed by atoms with van der Waals surface area (Å²) in [5.41, 5.74) is 1.01. The van der Waals surface area contributed by atoms with Gasteiger partial charge >= 0.3 is 5.97 Å². The van der Waals surface area contributed by atoms with Crippen LogP contribution in [0.2, 0.25) is 0 Å². The largest absolute Gasteiger partial charge is 0.488 e. The number of hydrogen-bond donors (Lipinski definition) is 0. The van der Waals surface area contributed by atoms with Crippen molar-refractivity contribution in [3.05, 3.63) is 29.8 Å². The summed E-state index contributed by atoms with van der Waals surface area (Å²) >= 11 is 0. The molecule has 0 spiro atoms. The van der Waals surface area contributed by atoms with E-state index in [1.54, 1.807) is 0 Å². The van der Waals surface area contributed by atoms with Crippen LogP contribution in [0.1, 0.15) is 71.3 Å². The third-order valence-electron chi connectivity index (χ3n) is 3.98. The Kier molecular flexibility index (Phi) is 5.49. The van der Waals surface area contributed by atoms with E-state index in [0.29, 0.717) is 6.42 Å². The molecule has 122 valence electrons. The highest BCUT2D eigenvalue weighted by atomic mass is 16.5. The van der Waals surface area contributed by atoms with Crippen molar-refractivity contribution in [2.24, 2.45) is 0 Å². The number of esters is 1. The fraction of sp³-hybridized carbons (Fsp3) is 0.632. The first-order valence-electron chi connectivity index (χ1n) is 8.37. The monoisotopic (exact) mass is 304 g/mol. The van der Waals surface area contributed by atoms with Gasteiger partial charge in [-0.25, -0.2) is 0 Å². The van der Waals surface area contributed by atoms with E-state index in [1.165, 1.54) is 12.0 Å². The molecule has 2 rings (SSSR count). The summed E-state index contributed by atoms with van der Waals surface area (Å²) in [6.45, 7) is 7.99. The second kappa shape index (κ2) is 7.17. The van der Waals surface area contributed by atoms with Crippen LogP contribution in [0.3, 0.4) is 0 Å². The van der Waals surface area contributed by atoms with Crippen LogP contribution < -0.4 is 4.74 Å². The topological polar surface area (TPSA) is 35.5 Å². The molecular weight excluding hydrogens is 276 g/mol. The SMILES string of the molecule is CCC(=O)O[C@@H]1CCCC[C@H]1c1cccc(OC(C)(C)C)c1. The Morgan fingerprint density at radius 3 is 2.64 bits per heavy atom. The Hall–Kier alpha value is -1.51. The van der Waals surface area contributed by atoms with E-state index >= 15 is 0 Å². The molecule has 0 radical (unpaired) electrons. The molecule has 1 aliphatic carbocycles. The van der Waals surface area contributed by atoms with Gasteiger partial charge in [-0.15, -0.1) is 0 Å². The highest BCUT2D eigenvalue weighted by Crippen LogP contribution is 2.36. The minimum atomic E-state index is -0.209. The predicted octanol–water partition coefficient (Wildman–Crippen LogP) is 4.84. The van der Waals surface area contributed by atoms with Crippen LogP contribution in [0.25, 0.3) is 0 Å². The van der Waals surface area contributed by atoms with Gasteiger partial charge in [-0.2, -0.15) is 0 Å². The van der Waals surface area contributed by atoms with Gasteiger partial charge in [-0.05, 0) is 57.7 Å². The van der Waals surface area contributed by atoms with Crippen LogP contribution in [-0.4, -0.2) is 17.7 Å². The van der Waals surface area contributed by atoms with E-state index in [4.69, 9.17) is 9.47 Å². The Balaban J connectivity index is 2.16. The number of benzene rings is 1. The van der Waals surface area contributed by atoms with E-state index in [0.717, 1.165) is 25.0 Å². The van der Waals surface area contributed by atoms with Gasteiger partial charge in [0.2, 0.25) is 0 Å². The van der Waals surface area contributed by atoms with Gasteiger partial charge in [0.05, 0.1) is 0 Å². The van der Waals surface area contributed by atoms with Crippen LogP contribution in [0.5, 0.6) is 5.75 Å². The first-order valence-corrected chi connectivity index (χ1v) is 8.37. The number of carbonyl (C=O) groups is 1. The van der Waals surface area contributed by atoms with Gasteiger partial charge in [0.15, 0.2) is 0 Å². The lowest BCUT2D eigenvalue weighted by molar-refractivity contribution is -0.151. The summed E-state index contributed by atoms with van der Waals surface area (Å²) in [6.07, 6.45) is 4.80. The lowest BCUT2D eigenvalue weighted by atomic mass is 9.81. The zero-order valence-corrected chi connectivity index (χ0v) is 14.2. The molecule has 1 aromatic carbocycles. The molecular formula is C19H28O3. The molecule has 3 heteroatoms. The summed E-state index contributed by atoms with van der Waals surface area (Å²) in [5, 5.41) is 0. The highest BCUT2D eigenvalue weighted by Gasteiger charge is 2.29. The third-order valence-corrected chi connectivity index (χ3v) is 3.98. The van der Waals surface area contributed by atoms with Crippen molar-refractivity contribution in [1.29, 1.82) is 0 Å². The molecule has 0 unspecified atom stereocenters. The molecule has 1 saturated carbocycles. The molecule has 0 amide bonds. The average Bonchev–Trinajstić information content (AvgIpc) is 2.46. The maximum atomic E-state index is 11.7. The van der Waals surface area contributed by atoms with Crippen molar-refractivity contribution in [2.45, 2.75) is 77.4 Å². The molecule has 1 aromatic rings. The maximum absolute atomic E-state index is 11.7. The minimum absolute atomic E-state index is 0.00564. The molecule has 0 N–H and O–H groups in total. The summed E-state index contributed by atoms with van der Waals surface area (Å²) in [6, 6.07) is 8.25. The highest BCUT2D eigenvalue weighted by molar-refractivity contribution is 5.69. The molecule has 1 fully saturated rings. The molecule has 3 nitrogen and oxygen atoms in total. The zero-order valence-electron chi connectivity index (χ0n) is 14.2. The van der Waals surface area contributed by atoms with Crippen LogP contribution in [-0.2, 0) is 9.53 Å². The second-order valence-electron chi connectivity index (χ2n) is 7.06. The number of carbonyl (C=O) groups excluding carboxylic acids is 1. The second-order valence-corrected chi connectivity index (χ2v) is 7.06. The quantitative estimate of drug-likeness (QED) is 0.746. The van der Waals surface area contributed by atoms with Crippen LogP contribution in [0, 0.1) is 0 Å². The maximum Gasteiger partial charge on any atom is 0.305 e. The van der Waals surface area contributed by atoms with E-state index in [1.807, 2.05) is 39.8 Å². The first kappa shape index (κ1) is 16.9. The normalized spacial score (nSPS) is 22.2. The third kappa shape index (κ3) is 4.75. The smallest absolute Gasteiger partial charge is 0.305 e. The van der Waals surface area contributed by atoms with Gasteiger partial charge < -0.3 is 9.47 Å². The number of rotatable bonds is 4. The molecule has 0 bridgehead atoms. The first-order chi connectivity index (χ1) is 10.4. The summed E-state index contributed by atoms with van der Waals surface area (Å²) in [7, 11) is 0. The Bertz CT molecular complexity index is 502. The Labute approximate surface area is 134 Å². The van der Waals surface area contributed by atoms with Crippen molar-refractivity contribution in [3.8, 4) is 5.75 Å². The molecule has 0 aliphatic heterocycles. The summed E-state index contributed by atoms with van der Waals surface area (Å²) in [4.78, 5) is 11.7. The van der Waals surface area contributed by atoms with Gasteiger partial charge in [0.1, 0.15) is 17.5 Å². The standard InChI is InChI=1S/C19H28O3/c1-5-18(20)21-17-12-7-6-11-16(17)14-9-8-10-15(13-14)22-19(2,3)4/h8-10,13,16-17H,5-7,11-12H2,1-4H3/t16-,17+/m0/s1. The van der Waals surface area contributed by atoms with Gasteiger partial charge in [0.25, 0.3) is 0 Å². The van der Waals surface area contributed by atoms with Crippen LogP contribution >= 0.6 is 0 Å². The van der Waals surface area contributed by atoms with Crippen molar-refractivity contribution >= 4 is 5.97 Å². The summed E-state index contributed by atoms with van der Waals surface area (Å²) < 4.78 is 11.6. The summed E-state index contributed by atoms with van der Waals surface area (Å²) in [5.74, 6) is 1.07. The van der Waals surface area contributed by atoms with E-state index in [2.05, 4.69) is 12.1 Å². The van der Waals surface area contributed by atoms with E-state index in [9.17, 15) is 4.79 Å². The zero-order chi connectivity index (χ0) is 16.2. The molecule has 0 heterocycles. The van der Waals surface area contributed by atoms with Crippen LogP contribution in [0.4, 0.5) is 0 Å². The molecule has 0 aromatic heterocycles. The average molecular weight is 304 g/mol. The number of ether oxygens (including phenoxy) is 2. The van der Waals surface area contributed by atoms with Gasteiger partial charge in [-0.3, -0.25) is 4.79 Å². The predicted molar refractivity (Wildman–Crippen MR) is 88.2 cm³/mol. The van der Waals surface area contributed by atoms with Crippen molar-refractivity contribution in [1.82, 2.24) is 0 Å². The fourth-order valence-electron chi connectivity index (χ4n) is 3.03. The van der Waals surface area contributed by atoms with Gasteiger partial charge in [0, 0.05) is 12.3 Å². The fourth-order valence-corrected chi connectivity index (χ4v) is 3.03. The van der Waals surface area contributed by atoms with E-state index < -0.39 is 0 Å². The van der Waals surface area contributed by atoms with Crippen molar-refractivity contribution < 1.29 is 14.3 Å².